The summed E-state index contributed by atoms with van der Waals surface area (Å²) in [6.07, 6.45) is 0. The third-order valence-corrected chi connectivity index (χ3v) is 5.50. The Balaban J connectivity index is 2.09. The lowest BCUT2D eigenvalue weighted by atomic mass is 10.0. The highest BCUT2D eigenvalue weighted by molar-refractivity contribution is 7.99. The van der Waals surface area contributed by atoms with Gasteiger partial charge in [0.25, 0.3) is 0 Å². The van der Waals surface area contributed by atoms with Crippen LogP contribution in [0.25, 0.3) is 11.0 Å². The molecule has 2 aromatic carbocycles. The fraction of sp³-hybridized carbons (Fsp3) is 0.273. The van der Waals surface area contributed by atoms with Gasteiger partial charge in [-0.15, -0.1) is 0 Å². The second-order valence-electron chi connectivity index (χ2n) is 6.64. The van der Waals surface area contributed by atoms with Crippen LogP contribution >= 0.6 is 23.4 Å². The lowest BCUT2D eigenvalue weighted by Crippen LogP contribution is -2.13. The van der Waals surface area contributed by atoms with Crippen molar-refractivity contribution >= 4 is 46.0 Å². The first-order valence-corrected chi connectivity index (χ1v) is 10.6. The maximum absolute atomic E-state index is 12.6. The van der Waals surface area contributed by atoms with Crippen molar-refractivity contribution < 1.29 is 13.9 Å². The fourth-order valence-electron chi connectivity index (χ4n) is 3.18. The van der Waals surface area contributed by atoms with Gasteiger partial charge in [-0.2, -0.15) is 0 Å². The largest absolute Gasteiger partial charge is 0.465 e. The minimum absolute atomic E-state index is 0.0684. The van der Waals surface area contributed by atoms with E-state index in [-0.39, 0.29) is 11.5 Å². The van der Waals surface area contributed by atoms with E-state index < -0.39 is 5.97 Å². The number of benzene rings is 2. The number of anilines is 1. The van der Waals surface area contributed by atoms with Crippen molar-refractivity contribution in [2.45, 2.75) is 31.9 Å². The van der Waals surface area contributed by atoms with Gasteiger partial charge >= 0.3 is 5.97 Å². The molecule has 0 saturated carbocycles. The molecule has 3 rings (SSSR count). The topological polar surface area (TPSA) is 68.5 Å². The SMILES string of the molecule is CCSc1cc(=O)c2cc(C)cc([C@@H](C)Nc3ccc(Cl)cc3C(=O)OC)c2o1. The first-order valence-electron chi connectivity index (χ1n) is 9.19. The molecule has 0 spiro atoms. The van der Waals surface area contributed by atoms with E-state index in [1.54, 1.807) is 18.2 Å². The van der Waals surface area contributed by atoms with Gasteiger partial charge in [0.15, 0.2) is 10.5 Å². The van der Waals surface area contributed by atoms with Gasteiger partial charge in [0.1, 0.15) is 5.58 Å². The van der Waals surface area contributed by atoms with Crippen LogP contribution in [0.15, 0.2) is 50.7 Å². The van der Waals surface area contributed by atoms with Crippen LogP contribution in [0.4, 0.5) is 5.69 Å². The molecule has 0 saturated heterocycles. The molecular weight excluding hydrogens is 410 g/mol. The zero-order valence-corrected chi connectivity index (χ0v) is 18.2. The van der Waals surface area contributed by atoms with Crippen molar-refractivity contribution in [2.24, 2.45) is 0 Å². The van der Waals surface area contributed by atoms with Crippen LogP contribution in [0.2, 0.25) is 5.02 Å². The highest BCUT2D eigenvalue weighted by Gasteiger charge is 2.19. The summed E-state index contributed by atoms with van der Waals surface area (Å²) in [5.74, 6) is 0.320. The summed E-state index contributed by atoms with van der Waals surface area (Å²) in [7, 11) is 1.33. The molecule has 0 bridgehead atoms. The first-order chi connectivity index (χ1) is 13.8. The number of rotatable bonds is 6. The van der Waals surface area contributed by atoms with Crippen LogP contribution < -0.4 is 10.7 Å². The van der Waals surface area contributed by atoms with Crippen LogP contribution in [0.3, 0.4) is 0 Å². The molecule has 0 unspecified atom stereocenters. The monoisotopic (exact) mass is 431 g/mol. The molecule has 152 valence electrons. The quantitative estimate of drug-likeness (QED) is 0.391. The summed E-state index contributed by atoms with van der Waals surface area (Å²) in [6.45, 7) is 5.89. The van der Waals surface area contributed by atoms with Crippen molar-refractivity contribution in [3.05, 3.63) is 68.3 Å². The standard InChI is InChI=1S/C22H22ClNO4S/c1-5-29-20-11-19(25)17-9-12(2)8-15(21(17)28-20)13(3)24-18-7-6-14(23)10-16(18)22(26)27-4/h6-11,13,24H,5H2,1-4H3/t13-/m1/s1. The molecule has 0 amide bonds. The van der Waals surface area contributed by atoms with Gasteiger partial charge in [-0.05, 0) is 49.4 Å². The second kappa shape index (κ2) is 8.93. The zero-order valence-electron chi connectivity index (χ0n) is 16.7. The van der Waals surface area contributed by atoms with E-state index in [0.29, 0.717) is 32.3 Å². The number of carbonyl (C=O) groups is 1. The van der Waals surface area contributed by atoms with Gasteiger partial charge in [-0.25, -0.2) is 4.79 Å². The predicted octanol–water partition coefficient (Wildman–Crippen LogP) is 5.83. The van der Waals surface area contributed by atoms with Crippen LogP contribution in [-0.2, 0) is 4.74 Å². The predicted molar refractivity (Wildman–Crippen MR) is 118 cm³/mol. The van der Waals surface area contributed by atoms with E-state index in [1.807, 2.05) is 32.9 Å². The molecule has 5 nitrogen and oxygen atoms in total. The van der Waals surface area contributed by atoms with E-state index in [2.05, 4.69) is 5.32 Å². The molecule has 1 aromatic heterocycles. The summed E-state index contributed by atoms with van der Waals surface area (Å²) in [5, 5.41) is 4.90. The number of esters is 1. The van der Waals surface area contributed by atoms with Crippen LogP contribution in [-0.4, -0.2) is 18.8 Å². The minimum atomic E-state index is -0.482. The second-order valence-corrected chi connectivity index (χ2v) is 8.35. The number of halogens is 1. The van der Waals surface area contributed by atoms with E-state index in [0.717, 1.165) is 16.9 Å². The highest BCUT2D eigenvalue weighted by Crippen LogP contribution is 2.31. The number of hydrogen-bond donors (Lipinski definition) is 1. The Hall–Kier alpha value is -2.44. The number of carbonyl (C=O) groups excluding carboxylic acids is 1. The smallest absolute Gasteiger partial charge is 0.340 e. The highest BCUT2D eigenvalue weighted by atomic mass is 35.5. The number of fused-ring (bicyclic) bond motifs is 1. The molecular formula is C22H22ClNO4S. The molecule has 1 atom stereocenters. The summed E-state index contributed by atoms with van der Waals surface area (Å²) in [5.41, 5.74) is 3.20. The third kappa shape index (κ3) is 4.60. The number of nitrogens with one attached hydrogen (secondary N) is 1. The summed E-state index contributed by atoms with van der Waals surface area (Å²) < 4.78 is 10.9. The van der Waals surface area contributed by atoms with Crippen molar-refractivity contribution in [3.8, 4) is 0 Å². The summed E-state index contributed by atoms with van der Waals surface area (Å²) in [6, 6.07) is 10.1. The van der Waals surface area contributed by atoms with Gasteiger partial charge in [0, 0.05) is 22.3 Å². The average Bonchev–Trinajstić information content (AvgIpc) is 2.69. The Morgan fingerprint density at radius 3 is 2.72 bits per heavy atom. The van der Waals surface area contributed by atoms with Crippen molar-refractivity contribution in [1.29, 1.82) is 0 Å². The molecule has 0 aliphatic rings. The fourth-order valence-corrected chi connectivity index (χ4v) is 3.97. The Morgan fingerprint density at radius 2 is 2.03 bits per heavy atom. The van der Waals surface area contributed by atoms with Gasteiger partial charge in [-0.3, -0.25) is 4.79 Å². The number of thioether (sulfide) groups is 1. The van der Waals surface area contributed by atoms with Gasteiger partial charge in [0.05, 0.1) is 24.1 Å². The molecule has 0 aliphatic carbocycles. The lowest BCUT2D eigenvalue weighted by molar-refractivity contribution is 0.0602. The number of methoxy groups -OCH3 is 1. The maximum Gasteiger partial charge on any atom is 0.340 e. The molecule has 0 fully saturated rings. The van der Waals surface area contributed by atoms with E-state index in [9.17, 15) is 9.59 Å². The summed E-state index contributed by atoms with van der Waals surface area (Å²) in [4.78, 5) is 24.8. The zero-order chi connectivity index (χ0) is 21.1. The number of ether oxygens (including phenoxy) is 1. The Labute approximate surface area is 178 Å². The molecule has 29 heavy (non-hydrogen) atoms. The number of aryl methyl sites for hydroxylation is 1. The first kappa shape index (κ1) is 21.3. The van der Waals surface area contributed by atoms with E-state index >= 15 is 0 Å². The Kier molecular flexibility index (Phi) is 6.55. The van der Waals surface area contributed by atoms with Crippen molar-refractivity contribution in [3.63, 3.8) is 0 Å². The maximum atomic E-state index is 12.6. The molecule has 1 N–H and O–H groups in total. The van der Waals surface area contributed by atoms with Gasteiger partial charge in [-0.1, -0.05) is 36.4 Å². The normalized spacial score (nSPS) is 12.0. The molecule has 0 aliphatic heterocycles. The van der Waals surface area contributed by atoms with Gasteiger partial charge in [0.2, 0.25) is 0 Å². The van der Waals surface area contributed by atoms with Crippen LogP contribution in [0.1, 0.15) is 41.4 Å². The molecule has 7 heteroatoms. The lowest BCUT2D eigenvalue weighted by Gasteiger charge is -2.20. The minimum Gasteiger partial charge on any atom is -0.465 e. The molecule has 0 radical (unpaired) electrons. The molecule has 1 heterocycles. The third-order valence-electron chi connectivity index (χ3n) is 4.49. The van der Waals surface area contributed by atoms with Crippen LogP contribution in [0, 0.1) is 6.92 Å². The number of hydrogen-bond acceptors (Lipinski definition) is 6. The van der Waals surface area contributed by atoms with Crippen LogP contribution in [0.5, 0.6) is 0 Å². The average molecular weight is 432 g/mol. The Morgan fingerprint density at radius 1 is 1.28 bits per heavy atom. The van der Waals surface area contributed by atoms with Crippen molar-refractivity contribution in [1.82, 2.24) is 0 Å². The summed E-state index contributed by atoms with van der Waals surface area (Å²) >= 11 is 7.53. The molecule has 3 aromatic rings. The van der Waals surface area contributed by atoms with E-state index in [4.69, 9.17) is 20.8 Å². The van der Waals surface area contributed by atoms with E-state index in [1.165, 1.54) is 24.9 Å². The van der Waals surface area contributed by atoms with Gasteiger partial charge < -0.3 is 14.5 Å². The van der Waals surface area contributed by atoms with Crippen molar-refractivity contribution in [2.75, 3.05) is 18.2 Å². The Bertz CT molecular complexity index is 1130.